The first kappa shape index (κ1) is 42.3. The van der Waals surface area contributed by atoms with Crippen LogP contribution < -0.4 is 16.0 Å². The molecule has 0 fully saturated rings. The average molecular weight is 694 g/mol. The highest BCUT2D eigenvalue weighted by molar-refractivity contribution is 5.97. The Morgan fingerprint density at radius 3 is 1.71 bits per heavy atom. The van der Waals surface area contributed by atoms with Gasteiger partial charge in [-0.25, -0.2) is 9.18 Å². The molecule has 272 valence electrons. The van der Waals surface area contributed by atoms with Crippen LogP contribution in [0.15, 0.2) is 30.3 Å². The molecule has 1 aromatic carbocycles. The zero-order valence-electron chi connectivity index (χ0n) is 29.0. The third-order valence-electron chi connectivity index (χ3n) is 7.66. The van der Waals surface area contributed by atoms with Crippen molar-refractivity contribution in [3.8, 4) is 0 Å². The van der Waals surface area contributed by atoms with Crippen molar-refractivity contribution < 1.29 is 57.0 Å². The van der Waals surface area contributed by atoms with Gasteiger partial charge in [0, 0.05) is 18.8 Å². The molecule has 49 heavy (non-hydrogen) atoms. The molecule has 15 heteroatoms. The van der Waals surface area contributed by atoms with Crippen molar-refractivity contribution in [2.24, 2.45) is 23.7 Å². The molecule has 0 heterocycles. The summed E-state index contributed by atoms with van der Waals surface area (Å²) in [5.41, 5.74) is 0.735. The smallest absolute Gasteiger partial charge is 0.408 e. The second-order valence-corrected chi connectivity index (χ2v) is 12.3. The van der Waals surface area contributed by atoms with Crippen molar-refractivity contribution in [1.29, 1.82) is 0 Å². The van der Waals surface area contributed by atoms with Crippen molar-refractivity contribution in [2.75, 3.05) is 20.9 Å². The molecule has 0 aromatic heterocycles. The van der Waals surface area contributed by atoms with Gasteiger partial charge in [-0.2, -0.15) is 0 Å². The molecule has 0 saturated carbocycles. The Morgan fingerprint density at radius 2 is 1.18 bits per heavy atom. The van der Waals surface area contributed by atoms with Crippen LogP contribution in [-0.4, -0.2) is 86.2 Å². The lowest BCUT2D eigenvalue weighted by molar-refractivity contribution is -0.145. The number of halogens is 1. The van der Waals surface area contributed by atoms with Crippen LogP contribution in [0.3, 0.4) is 0 Å². The zero-order chi connectivity index (χ0) is 37.3. The van der Waals surface area contributed by atoms with Crippen LogP contribution in [0.25, 0.3) is 0 Å². The second-order valence-electron chi connectivity index (χ2n) is 12.3. The Labute approximate surface area is 285 Å². The predicted molar refractivity (Wildman–Crippen MR) is 173 cm³/mol. The summed E-state index contributed by atoms with van der Waals surface area (Å²) in [6, 6.07) is 5.19. The molecule has 0 aliphatic heterocycles. The molecule has 3 amide bonds. The van der Waals surface area contributed by atoms with E-state index in [4.69, 9.17) is 9.47 Å². The minimum atomic E-state index is -1.49. The van der Waals surface area contributed by atoms with Crippen molar-refractivity contribution in [1.82, 2.24) is 16.0 Å². The normalized spacial score (nSPS) is 14.0. The summed E-state index contributed by atoms with van der Waals surface area (Å²) < 4.78 is 27.5. The SMILES string of the molecule is COC(=O)C[C@H](CC(=O)[C@@H](NC(=O)OCc1ccccc1)C(C)C)C(=O)N[C@H](C(=O)C[C@@H](C)C(=O)N[C@@H](CC(=O)OC)C(=O)CF)C(C)C. The quantitative estimate of drug-likeness (QED) is 0.126. The number of hydrogen-bond acceptors (Lipinski definition) is 11. The lowest BCUT2D eigenvalue weighted by Crippen LogP contribution is -2.50. The fourth-order valence-corrected chi connectivity index (χ4v) is 4.74. The van der Waals surface area contributed by atoms with E-state index in [0.29, 0.717) is 0 Å². The predicted octanol–water partition coefficient (Wildman–Crippen LogP) is 2.40. The van der Waals surface area contributed by atoms with Gasteiger partial charge >= 0.3 is 18.0 Å². The molecule has 0 aliphatic rings. The van der Waals surface area contributed by atoms with Crippen molar-refractivity contribution in [3.63, 3.8) is 0 Å². The maximum Gasteiger partial charge on any atom is 0.408 e. The number of ketones is 3. The number of hydrogen-bond donors (Lipinski definition) is 3. The number of esters is 2. The average Bonchev–Trinajstić information content (AvgIpc) is 3.06. The van der Waals surface area contributed by atoms with Gasteiger partial charge < -0.3 is 30.2 Å². The number of alkyl carbamates (subject to hydrolysis) is 1. The molecular formula is C34H48FN3O11. The third-order valence-corrected chi connectivity index (χ3v) is 7.66. The Bertz CT molecular complexity index is 1320. The Hall–Kier alpha value is -4.69. The minimum absolute atomic E-state index is 0.0340. The first-order valence-corrected chi connectivity index (χ1v) is 15.9. The highest BCUT2D eigenvalue weighted by Crippen LogP contribution is 2.18. The van der Waals surface area contributed by atoms with Crippen LogP contribution in [0.1, 0.15) is 65.9 Å². The van der Waals surface area contributed by atoms with Crippen LogP contribution in [0, 0.1) is 23.7 Å². The Balaban J connectivity index is 3.03. The summed E-state index contributed by atoms with van der Waals surface area (Å²) in [5.74, 6) is -8.65. The van der Waals surface area contributed by atoms with Crippen LogP contribution in [0.4, 0.5) is 9.18 Å². The van der Waals surface area contributed by atoms with Gasteiger partial charge in [0.25, 0.3) is 0 Å². The lowest BCUT2D eigenvalue weighted by atomic mass is 9.88. The molecule has 1 aromatic rings. The summed E-state index contributed by atoms with van der Waals surface area (Å²) in [5, 5.41) is 7.38. The minimum Gasteiger partial charge on any atom is -0.469 e. The molecule has 1 rings (SSSR count). The number of benzene rings is 1. The van der Waals surface area contributed by atoms with E-state index in [-0.39, 0.29) is 6.61 Å². The molecule has 0 saturated heterocycles. The van der Waals surface area contributed by atoms with Gasteiger partial charge in [-0.05, 0) is 17.4 Å². The zero-order valence-corrected chi connectivity index (χ0v) is 29.0. The van der Waals surface area contributed by atoms with Gasteiger partial charge in [-0.3, -0.25) is 33.6 Å². The summed E-state index contributed by atoms with van der Waals surface area (Å²) in [7, 11) is 2.18. The van der Waals surface area contributed by atoms with Crippen molar-refractivity contribution in [2.45, 2.75) is 85.0 Å². The number of ether oxygens (including phenoxy) is 3. The largest absolute Gasteiger partial charge is 0.469 e. The number of amides is 3. The van der Waals surface area contributed by atoms with E-state index in [1.165, 1.54) is 6.92 Å². The maximum atomic E-state index is 13.5. The van der Waals surface area contributed by atoms with Crippen molar-refractivity contribution >= 4 is 47.2 Å². The lowest BCUT2D eigenvalue weighted by Gasteiger charge is -2.27. The van der Waals surface area contributed by atoms with Gasteiger partial charge in [0.2, 0.25) is 11.8 Å². The summed E-state index contributed by atoms with van der Waals surface area (Å²) >= 11 is 0. The van der Waals surface area contributed by atoms with E-state index in [0.717, 1.165) is 19.8 Å². The van der Waals surface area contributed by atoms with E-state index in [1.807, 2.05) is 6.07 Å². The van der Waals surface area contributed by atoms with Gasteiger partial charge in [-0.1, -0.05) is 65.0 Å². The fourth-order valence-electron chi connectivity index (χ4n) is 4.74. The van der Waals surface area contributed by atoms with E-state index >= 15 is 0 Å². The monoisotopic (exact) mass is 693 g/mol. The molecule has 0 aliphatic carbocycles. The number of methoxy groups -OCH3 is 2. The first-order chi connectivity index (χ1) is 23.0. The van der Waals surface area contributed by atoms with Gasteiger partial charge in [-0.15, -0.1) is 0 Å². The van der Waals surface area contributed by atoms with Gasteiger partial charge in [0.05, 0.1) is 45.1 Å². The number of Topliss-reactive ketones (excluding diaryl/α,β-unsaturated/α-hetero) is 3. The summed E-state index contributed by atoms with van der Waals surface area (Å²) in [6.07, 6.45) is -2.84. The van der Waals surface area contributed by atoms with Crippen LogP contribution in [0.5, 0.6) is 0 Å². The second kappa shape index (κ2) is 21.3. The molecular weight excluding hydrogens is 645 g/mol. The van der Waals surface area contributed by atoms with E-state index in [1.54, 1.807) is 52.0 Å². The number of alkyl halides is 1. The summed E-state index contributed by atoms with van der Waals surface area (Å²) in [6.45, 7) is 6.56. The van der Waals surface area contributed by atoms with E-state index < -0.39 is 121 Å². The van der Waals surface area contributed by atoms with Crippen LogP contribution >= 0.6 is 0 Å². The van der Waals surface area contributed by atoms with Gasteiger partial charge in [0.1, 0.15) is 19.3 Å². The third kappa shape index (κ3) is 15.0. The molecule has 0 bridgehead atoms. The Morgan fingerprint density at radius 1 is 0.653 bits per heavy atom. The van der Waals surface area contributed by atoms with Crippen molar-refractivity contribution in [3.05, 3.63) is 35.9 Å². The highest BCUT2D eigenvalue weighted by atomic mass is 19.1. The maximum absolute atomic E-state index is 13.5. The highest BCUT2D eigenvalue weighted by Gasteiger charge is 2.35. The van der Waals surface area contributed by atoms with Crippen LogP contribution in [0.2, 0.25) is 0 Å². The fraction of sp³-hybridized carbons (Fsp3) is 0.588. The summed E-state index contributed by atoms with van der Waals surface area (Å²) in [4.78, 5) is 101. The first-order valence-electron chi connectivity index (χ1n) is 15.9. The van der Waals surface area contributed by atoms with Gasteiger partial charge in [0.15, 0.2) is 17.3 Å². The van der Waals surface area contributed by atoms with Crippen LogP contribution in [-0.2, 0) is 54.4 Å². The number of nitrogens with one attached hydrogen (secondary N) is 3. The number of carbonyl (C=O) groups excluding carboxylic acids is 8. The van der Waals surface area contributed by atoms with E-state index in [2.05, 4.69) is 20.7 Å². The number of carbonyl (C=O) groups is 8. The molecule has 5 atom stereocenters. The topological polar surface area (TPSA) is 200 Å². The molecule has 0 spiro atoms. The molecule has 3 N–H and O–H groups in total. The molecule has 14 nitrogen and oxygen atoms in total. The molecule has 0 unspecified atom stereocenters. The molecule has 0 radical (unpaired) electrons. The Kier molecular flexibility index (Phi) is 18.4. The van der Waals surface area contributed by atoms with E-state index in [9.17, 15) is 42.7 Å². The standard InChI is InChI=1S/C34H48FN3O11/c1-19(2)30(25(39)13-21(5)32(44)36-24(27(41)17-35)16-29(43)48-7)37-33(45)23(15-28(42)47-6)14-26(40)31(20(3)4)38-34(46)49-18-22-11-9-8-10-12-22/h8-12,19-21,23-24,30-31H,13-18H2,1-7H3,(H,36,44)(H,37,45)(H,38,46)/t21-,23+,24+,30+,31+/m1/s1. The number of rotatable bonds is 21.